The van der Waals surface area contributed by atoms with Crippen LogP contribution in [0.4, 0.5) is 4.79 Å². The fraction of sp³-hybridized carbons (Fsp3) is 0.263. The van der Waals surface area contributed by atoms with Gasteiger partial charge in [0.25, 0.3) is 5.91 Å². The van der Waals surface area contributed by atoms with E-state index in [2.05, 4.69) is 10.9 Å². The molecule has 0 unspecified atom stereocenters. The molecule has 0 fully saturated rings. The van der Waals surface area contributed by atoms with Gasteiger partial charge < -0.3 is 9.47 Å². The Morgan fingerprint density at radius 2 is 1.56 bits per heavy atom. The minimum atomic E-state index is -0.719. The highest BCUT2D eigenvalue weighted by molar-refractivity contribution is 5.95. The molecular weight excluding hydrogens is 320 g/mol. The van der Waals surface area contributed by atoms with Crippen LogP contribution in [0.5, 0.6) is 5.75 Å². The first-order valence-corrected chi connectivity index (χ1v) is 7.89. The molecule has 0 aliphatic heterocycles. The summed E-state index contributed by atoms with van der Waals surface area (Å²) in [5.41, 5.74) is 5.32. The lowest BCUT2D eigenvalue weighted by Crippen LogP contribution is -2.44. The Morgan fingerprint density at radius 3 is 2.16 bits per heavy atom. The summed E-state index contributed by atoms with van der Waals surface area (Å²) in [6.45, 7) is 5.67. The molecule has 2 rings (SSSR count). The first kappa shape index (κ1) is 18.3. The minimum absolute atomic E-state index is 0.392. The normalized spacial score (nSPS) is 10.7. The van der Waals surface area contributed by atoms with Crippen molar-refractivity contribution in [3.63, 3.8) is 0 Å². The summed E-state index contributed by atoms with van der Waals surface area (Å²) in [5.74, 6) is 0.209. The summed E-state index contributed by atoms with van der Waals surface area (Å²) in [6.07, 6.45) is -0.719. The van der Waals surface area contributed by atoms with Crippen LogP contribution in [0, 0.1) is 0 Å². The Bertz CT molecular complexity index is 706. The van der Waals surface area contributed by atoms with Crippen molar-refractivity contribution in [2.24, 2.45) is 0 Å². The summed E-state index contributed by atoms with van der Waals surface area (Å²) in [7, 11) is 0. The first-order chi connectivity index (χ1) is 11.8. The van der Waals surface area contributed by atoms with Crippen LogP contribution in [0.1, 0.15) is 36.7 Å². The number of amides is 2. The van der Waals surface area contributed by atoms with Gasteiger partial charge in [-0.1, -0.05) is 30.3 Å². The Morgan fingerprint density at radius 1 is 0.920 bits per heavy atom. The van der Waals surface area contributed by atoms with Crippen LogP contribution in [0.25, 0.3) is 0 Å². The largest absolute Gasteiger partial charge is 0.489 e. The molecule has 2 amide bonds. The van der Waals surface area contributed by atoms with Crippen LogP contribution in [0.15, 0.2) is 54.6 Å². The van der Waals surface area contributed by atoms with Gasteiger partial charge in [-0.3, -0.25) is 10.2 Å². The number of hydrogen-bond donors (Lipinski definition) is 2. The van der Waals surface area contributed by atoms with Crippen molar-refractivity contribution in [1.82, 2.24) is 10.9 Å². The van der Waals surface area contributed by atoms with Crippen molar-refractivity contribution in [2.75, 3.05) is 0 Å². The Labute approximate surface area is 147 Å². The highest BCUT2D eigenvalue weighted by atomic mass is 16.6. The standard InChI is InChI=1S/C19H22N2O4/c1-19(2,3)25-18(23)21-20-17(22)15-9-11-16(12-10-15)24-13-14-7-5-4-6-8-14/h4-12H,13H2,1-3H3,(H,20,22)(H,21,23). The highest BCUT2D eigenvalue weighted by Gasteiger charge is 2.16. The van der Waals surface area contributed by atoms with E-state index in [-0.39, 0.29) is 0 Å². The zero-order chi connectivity index (χ0) is 18.3. The van der Waals surface area contributed by atoms with Gasteiger partial charge in [-0.2, -0.15) is 0 Å². The van der Waals surface area contributed by atoms with Gasteiger partial charge >= 0.3 is 6.09 Å². The molecule has 0 radical (unpaired) electrons. The smallest absolute Gasteiger partial charge is 0.426 e. The number of rotatable bonds is 4. The Balaban J connectivity index is 1.82. The van der Waals surface area contributed by atoms with Gasteiger partial charge in [0.15, 0.2) is 0 Å². The fourth-order valence-corrected chi connectivity index (χ4v) is 1.93. The molecule has 0 spiro atoms. The molecule has 132 valence electrons. The molecule has 2 aromatic rings. The Kier molecular flexibility index (Phi) is 6.00. The molecule has 2 aromatic carbocycles. The highest BCUT2D eigenvalue weighted by Crippen LogP contribution is 2.14. The van der Waals surface area contributed by atoms with Crippen LogP contribution in [-0.4, -0.2) is 17.6 Å². The maximum Gasteiger partial charge on any atom is 0.426 e. The lowest BCUT2D eigenvalue weighted by Gasteiger charge is -2.19. The molecule has 2 N–H and O–H groups in total. The molecule has 0 heterocycles. The molecule has 0 aliphatic carbocycles. The van der Waals surface area contributed by atoms with Gasteiger partial charge in [0, 0.05) is 5.56 Å². The summed E-state index contributed by atoms with van der Waals surface area (Å²) < 4.78 is 10.7. The summed E-state index contributed by atoms with van der Waals surface area (Å²) in [5, 5.41) is 0. The van der Waals surface area contributed by atoms with Crippen molar-refractivity contribution in [3.05, 3.63) is 65.7 Å². The van der Waals surface area contributed by atoms with E-state index < -0.39 is 17.6 Å². The number of nitrogens with one attached hydrogen (secondary N) is 2. The van der Waals surface area contributed by atoms with Gasteiger partial charge in [0.05, 0.1) is 0 Å². The second-order valence-electron chi connectivity index (χ2n) is 6.38. The monoisotopic (exact) mass is 342 g/mol. The Hall–Kier alpha value is -3.02. The van der Waals surface area contributed by atoms with Crippen LogP contribution in [0.2, 0.25) is 0 Å². The quantitative estimate of drug-likeness (QED) is 0.835. The average molecular weight is 342 g/mol. The maximum atomic E-state index is 12.0. The number of carbonyl (C=O) groups is 2. The van der Waals surface area contributed by atoms with E-state index in [1.165, 1.54) is 0 Å². The van der Waals surface area contributed by atoms with Gasteiger partial charge in [-0.05, 0) is 50.6 Å². The van der Waals surface area contributed by atoms with E-state index >= 15 is 0 Å². The lowest BCUT2D eigenvalue weighted by atomic mass is 10.2. The third-order valence-electron chi connectivity index (χ3n) is 3.04. The van der Waals surface area contributed by atoms with Crippen LogP contribution < -0.4 is 15.6 Å². The van der Waals surface area contributed by atoms with Crippen molar-refractivity contribution >= 4 is 12.0 Å². The topological polar surface area (TPSA) is 76.7 Å². The van der Waals surface area contributed by atoms with Gasteiger partial charge in [0.2, 0.25) is 0 Å². The van der Waals surface area contributed by atoms with Crippen LogP contribution in [-0.2, 0) is 11.3 Å². The lowest BCUT2D eigenvalue weighted by molar-refractivity contribution is 0.0483. The van der Waals surface area contributed by atoms with Crippen molar-refractivity contribution in [1.29, 1.82) is 0 Å². The molecule has 0 saturated heterocycles. The summed E-state index contributed by atoms with van der Waals surface area (Å²) in [4.78, 5) is 23.5. The van der Waals surface area contributed by atoms with Crippen molar-refractivity contribution in [2.45, 2.75) is 33.0 Å². The van der Waals surface area contributed by atoms with E-state index in [1.807, 2.05) is 30.3 Å². The zero-order valence-corrected chi connectivity index (χ0v) is 14.5. The van der Waals surface area contributed by atoms with E-state index in [4.69, 9.17) is 9.47 Å². The zero-order valence-electron chi connectivity index (χ0n) is 14.5. The van der Waals surface area contributed by atoms with Gasteiger partial charge in [-0.25, -0.2) is 10.2 Å². The van der Waals surface area contributed by atoms with Crippen molar-refractivity contribution < 1.29 is 19.1 Å². The number of carbonyl (C=O) groups excluding carboxylic acids is 2. The molecule has 6 nitrogen and oxygen atoms in total. The van der Waals surface area contributed by atoms with E-state index in [0.29, 0.717) is 17.9 Å². The molecule has 25 heavy (non-hydrogen) atoms. The number of ether oxygens (including phenoxy) is 2. The summed E-state index contributed by atoms with van der Waals surface area (Å²) >= 11 is 0. The second kappa shape index (κ2) is 8.19. The predicted molar refractivity (Wildman–Crippen MR) is 94.1 cm³/mol. The van der Waals surface area contributed by atoms with Crippen LogP contribution >= 0.6 is 0 Å². The van der Waals surface area contributed by atoms with Crippen molar-refractivity contribution in [3.8, 4) is 5.75 Å². The molecule has 0 aromatic heterocycles. The van der Waals surface area contributed by atoms with Gasteiger partial charge in [0.1, 0.15) is 18.0 Å². The molecule has 0 atom stereocenters. The summed E-state index contributed by atoms with van der Waals surface area (Å²) in [6, 6.07) is 16.4. The second-order valence-corrected chi connectivity index (χ2v) is 6.38. The third-order valence-corrected chi connectivity index (χ3v) is 3.04. The van der Waals surface area contributed by atoms with E-state index in [9.17, 15) is 9.59 Å². The molecule has 0 aliphatic rings. The molecular formula is C19H22N2O4. The predicted octanol–water partition coefficient (Wildman–Crippen LogP) is 3.44. The minimum Gasteiger partial charge on any atom is -0.489 e. The van der Waals surface area contributed by atoms with E-state index in [1.54, 1.807) is 45.0 Å². The third kappa shape index (κ3) is 6.55. The molecule has 6 heteroatoms. The number of hydrazine groups is 1. The number of benzene rings is 2. The molecule has 0 saturated carbocycles. The van der Waals surface area contributed by atoms with Gasteiger partial charge in [-0.15, -0.1) is 0 Å². The SMILES string of the molecule is CC(C)(C)OC(=O)NNC(=O)c1ccc(OCc2ccccc2)cc1. The average Bonchev–Trinajstić information content (AvgIpc) is 2.58. The first-order valence-electron chi connectivity index (χ1n) is 7.89. The fourth-order valence-electron chi connectivity index (χ4n) is 1.93. The number of hydrogen-bond acceptors (Lipinski definition) is 4. The van der Waals surface area contributed by atoms with E-state index in [0.717, 1.165) is 5.56 Å². The molecule has 0 bridgehead atoms. The maximum absolute atomic E-state index is 12.0. The van der Waals surface area contributed by atoms with Crippen LogP contribution in [0.3, 0.4) is 0 Å².